The average Bonchev–Trinajstić information content (AvgIpc) is 2.76. The molecule has 0 heterocycles. The Balaban J connectivity index is 1.98. The van der Waals surface area contributed by atoms with Gasteiger partial charge in [-0.3, -0.25) is 0 Å². The summed E-state index contributed by atoms with van der Waals surface area (Å²) in [6.07, 6.45) is 3.19. The fraction of sp³-hybridized carbons (Fsp3) is 0.444. The molecule has 0 bridgehead atoms. The van der Waals surface area contributed by atoms with Gasteiger partial charge in [-0.2, -0.15) is 0 Å². The minimum atomic E-state index is -1.91. The molecule has 0 N–H and O–H groups in total. The molecule has 0 spiro atoms. The van der Waals surface area contributed by atoms with Crippen LogP contribution < -0.4 is 0 Å². The van der Waals surface area contributed by atoms with Crippen LogP contribution in [0.5, 0.6) is 0 Å². The van der Waals surface area contributed by atoms with Gasteiger partial charge in [0.1, 0.15) is 6.61 Å². The minimum Gasteiger partial charge on any atom is -0.458 e. The predicted octanol–water partition coefficient (Wildman–Crippen LogP) is 6.53. The lowest BCUT2D eigenvalue weighted by Crippen LogP contribution is -2.43. The lowest BCUT2D eigenvalue weighted by atomic mass is 10.0. The fourth-order valence-electron chi connectivity index (χ4n) is 2.77. The quantitative estimate of drug-likeness (QED) is 0.220. The summed E-state index contributed by atoms with van der Waals surface area (Å²) in [6.45, 7) is 14.5. The van der Waals surface area contributed by atoms with Crippen LogP contribution in [0, 0.1) is 5.92 Å². The predicted molar refractivity (Wildman–Crippen MR) is 133 cm³/mol. The first-order chi connectivity index (χ1) is 15.1. The summed E-state index contributed by atoms with van der Waals surface area (Å²) in [6, 6.07) is 19.8. The molecule has 2 rings (SSSR count). The molecule has 32 heavy (non-hydrogen) atoms. The number of carbonyl (C=O) groups is 1. The highest BCUT2D eigenvalue weighted by Crippen LogP contribution is 2.37. The summed E-state index contributed by atoms with van der Waals surface area (Å²) in [5.41, 5.74) is 2.08. The van der Waals surface area contributed by atoms with E-state index in [1.165, 1.54) is 6.08 Å². The van der Waals surface area contributed by atoms with E-state index < -0.39 is 8.32 Å². The molecule has 4 nitrogen and oxygen atoms in total. The number of esters is 1. The van der Waals surface area contributed by atoms with E-state index in [1.54, 1.807) is 0 Å². The number of benzene rings is 2. The summed E-state index contributed by atoms with van der Waals surface area (Å²) in [7, 11) is -1.91. The molecular weight excluding hydrogens is 416 g/mol. The van der Waals surface area contributed by atoms with Crippen LogP contribution in [0.3, 0.4) is 0 Å². The molecule has 5 heteroatoms. The molecule has 2 aromatic carbocycles. The molecule has 0 aromatic heterocycles. The van der Waals surface area contributed by atoms with Crippen molar-refractivity contribution in [3.05, 3.63) is 83.9 Å². The molecule has 174 valence electrons. The van der Waals surface area contributed by atoms with Crippen LogP contribution in [0.15, 0.2) is 72.8 Å². The average molecular weight is 455 g/mol. The van der Waals surface area contributed by atoms with Gasteiger partial charge >= 0.3 is 5.97 Å². The van der Waals surface area contributed by atoms with Crippen molar-refractivity contribution in [1.29, 1.82) is 0 Å². The summed E-state index contributed by atoms with van der Waals surface area (Å²) in [5.74, 6) is -0.361. The second-order valence-electron chi connectivity index (χ2n) is 9.72. The normalized spacial score (nSPS) is 14.3. The highest BCUT2D eigenvalue weighted by atomic mass is 28.4. The van der Waals surface area contributed by atoms with E-state index in [-0.39, 0.29) is 29.6 Å². The summed E-state index contributed by atoms with van der Waals surface area (Å²) in [5, 5.41) is 0.122. The first-order valence-electron chi connectivity index (χ1n) is 11.3. The SMILES string of the molecule is C[C@@H](/C=C/C(=O)OCc1ccccc1)[C@@H](CO[Si](C)(C)C(C)(C)C)OCc1ccccc1. The monoisotopic (exact) mass is 454 g/mol. The van der Waals surface area contributed by atoms with Crippen LogP contribution >= 0.6 is 0 Å². The molecule has 2 atom stereocenters. The van der Waals surface area contributed by atoms with Crippen LogP contribution in [-0.4, -0.2) is 27.0 Å². The van der Waals surface area contributed by atoms with Gasteiger partial charge in [0.25, 0.3) is 0 Å². The zero-order valence-electron chi connectivity index (χ0n) is 20.3. The fourth-order valence-corrected chi connectivity index (χ4v) is 3.78. The standard InChI is InChI=1S/C27H38O4Si/c1-22(17-18-26(28)30-20-24-15-11-8-12-16-24)25(21-31-32(5,6)27(2,3)4)29-19-23-13-9-7-10-14-23/h7-18,22,25H,19-21H2,1-6H3/b18-17+/t22-,25+/m0/s1. The van der Waals surface area contributed by atoms with E-state index in [1.807, 2.05) is 73.7 Å². The molecule has 0 saturated carbocycles. The lowest BCUT2D eigenvalue weighted by molar-refractivity contribution is -0.139. The summed E-state index contributed by atoms with van der Waals surface area (Å²) in [4.78, 5) is 12.2. The van der Waals surface area contributed by atoms with Crippen molar-refractivity contribution in [2.75, 3.05) is 6.61 Å². The second kappa shape index (κ2) is 12.1. The number of hydrogen-bond acceptors (Lipinski definition) is 4. The first kappa shape index (κ1) is 26.0. The van der Waals surface area contributed by atoms with Gasteiger partial charge in [-0.1, -0.05) is 94.4 Å². The van der Waals surface area contributed by atoms with E-state index in [4.69, 9.17) is 13.9 Å². The molecule has 0 aliphatic rings. The van der Waals surface area contributed by atoms with Crippen molar-refractivity contribution in [2.45, 2.75) is 65.1 Å². The maximum absolute atomic E-state index is 12.2. The van der Waals surface area contributed by atoms with Crippen molar-refractivity contribution in [3.8, 4) is 0 Å². The van der Waals surface area contributed by atoms with Gasteiger partial charge in [0.05, 0.1) is 19.3 Å². The Morgan fingerprint density at radius 2 is 1.47 bits per heavy atom. The largest absolute Gasteiger partial charge is 0.458 e. The number of hydrogen-bond donors (Lipinski definition) is 0. The van der Waals surface area contributed by atoms with E-state index in [9.17, 15) is 4.79 Å². The minimum absolute atomic E-state index is 0.00671. The third kappa shape index (κ3) is 8.73. The van der Waals surface area contributed by atoms with Crippen molar-refractivity contribution < 1.29 is 18.7 Å². The maximum atomic E-state index is 12.2. The number of rotatable bonds is 11. The molecular formula is C27H38O4Si. The second-order valence-corrected chi connectivity index (χ2v) is 14.5. The Bertz CT molecular complexity index is 841. The molecule has 0 unspecified atom stereocenters. The van der Waals surface area contributed by atoms with Crippen LogP contribution in [0.4, 0.5) is 0 Å². The highest BCUT2D eigenvalue weighted by Gasteiger charge is 2.38. The third-order valence-corrected chi connectivity index (χ3v) is 10.6. The topological polar surface area (TPSA) is 44.8 Å². The molecule has 0 amide bonds. The number of carbonyl (C=O) groups excluding carboxylic acids is 1. The smallest absolute Gasteiger partial charge is 0.330 e. The Kier molecular flexibility index (Phi) is 9.88. The van der Waals surface area contributed by atoms with Gasteiger partial charge in [-0.25, -0.2) is 4.79 Å². The molecule has 2 aromatic rings. The van der Waals surface area contributed by atoms with Crippen molar-refractivity contribution >= 4 is 14.3 Å². The zero-order valence-corrected chi connectivity index (χ0v) is 21.3. The van der Waals surface area contributed by atoms with Crippen LogP contribution in [0.1, 0.15) is 38.8 Å². The maximum Gasteiger partial charge on any atom is 0.330 e. The first-order valence-corrected chi connectivity index (χ1v) is 14.2. The van der Waals surface area contributed by atoms with Gasteiger partial charge in [-0.15, -0.1) is 0 Å². The van der Waals surface area contributed by atoms with Crippen molar-refractivity contribution in [1.82, 2.24) is 0 Å². The van der Waals surface area contributed by atoms with Crippen molar-refractivity contribution in [3.63, 3.8) is 0 Å². The van der Waals surface area contributed by atoms with Crippen LogP contribution in [0.25, 0.3) is 0 Å². The molecule has 0 aliphatic heterocycles. The van der Waals surface area contributed by atoms with Crippen molar-refractivity contribution in [2.24, 2.45) is 5.92 Å². The molecule has 0 radical (unpaired) electrons. The Labute approximate surface area is 194 Å². The summed E-state index contributed by atoms with van der Waals surface area (Å²) < 4.78 is 18.1. The Morgan fingerprint density at radius 1 is 0.938 bits per heavy atom. The third-order valence-electron chi connectivity index (χ3n) is 6.07. The van der Waals surface area contributed by atoms with Crippen LogP contribution in [-0.2, 0) is 31.9 Å². The Morgan fingerprint density at radius 3 is 2.00 bits per heavy atom. The van der Waals surface area contributed by atoms with Crippen LogP contribution in [0.2, 0.25) is 18.1 Å². The number of ether oxygens (including phenoxy) is 2. The lowest BCUT2D eigenvalue weighted by Gasteiger charge is -2.37. The molecule has 0 fully saturated rings. The van der Waals surface area contributed by atoms with Gasteiger partial charge in [-0.05, 0) is 29.3 Å². The molecule has 0 saturated heterocycles. The van der Waals surface area contributed by atoms with Gasteiger partial charge in [0.2, 0.25) is 0 Å². The Hall–Kier alpha value is -2.21. The van der Waals surface area contributed by atoms with E-state index in [0.717, 1.165) is 11.1 Å². The zero-order chi connectivity index (χ0) is 23.6. The summed E-state index contributed by atoms with van der Waals surface area (Å²) >= 11 is 0. The van der Waals surface area contributed by atoms with E-state index >= 15 is 0 Å². The van der Waals surface area contributed by atoms with E-state index in [0.29, 0.717) is 13.2 Å². The highest BCUT2D eigenvalue weighted by molar-refractivity contribution is 6.74. The van der Waals surface area contributed by atoms with Gasteiger partial charge in [0, 0.05) is 12.0 Å². The molecule has 0 aliphatic carbocycles. The van der Waals surface area contributed by atoms with Gasteiger partial charge < -0.3 is 13.9 Å². The van der Waals surface area contributed by atoms with Gasteiger partial charge in [0.15, 0.2) is 8.32 Å². The van der Waals surface area contributed by atoms with E-state index in [2.05, 4.69) is 33.9 Å².